The van der Waals surface area contributed by atoms with Crippen molar-refractivity contribution in [3.63, 3.8) is 0 Å². The molecule has 0 spiro atoms. The summed E-state index contributed by atoms with van der Waals surface area (Å²) in [7, 11) is 1.34. The molecule has 0 aromatic heterocycles. The Morgan fingerprint density at radius 2 is 1.11 bits per heavy atom. The summed E-state index contributed by atoms with van der Waals surface area (Å²) in [5.74, 6) is 2.87. The van der Waals surface area contributed by atoms with Crippen molar-refractivity contribution in [1.29, 1.82) is 0 Å². The third kappa shape index (κ3) is 8.70. The normalized spacial score (nSPS) is 11.3. The topological polar surface area (TPSA) is 0 Å². The highest BCUT2D eigenvalue weighted by Crippen LogP contribution is 1.93. The zero-order valence-corrected chi connectivity index (χ0v) is 8.57. The molecule has 0 fully saturated rings. The van der Waals surface area contributed by atoms with E-state index in [0.717, 1.165) is 0 Å². The van der Waals surface area contributed by atoms with Crippen molar-refractivity contribution in [2.45, 2.75) is 6.42 Å². The average Bonchev–Trinajstić information content (AvgIpc) is 1.63. The Morgan fingerprint density at radius 1 is 0.778 bits per heavy atom. The molecule has 2 heteroatoms. The largest absolute Gasteiger partial charge is 0.112 e. The van der Waals surface area contributed by atoms with E-state index in [4.69, 9.17) is 0 Å². The summed E-state index contributed by atoms with van der Waals surface area (Å²) in [5, 5.41) is 0. The molecular formula is C7H18S2+2. The Balaban J connectivity index is 2.91. The molecule has 9 heavy (non-hydrogen) atoms. The molecule has 56 valence electrons. The van der Waals surface area contributed by atoms with Crippen LogP contribution in [0.3, 0.4) is 0 Å². The van der Waals surface area contributed by atoms with E-state index in [2.05, 4.69) is 25.0 Å². The summed E-state index contributed by atoms with van der Waals surface area (Å²) in [6.45, 7) is 0. The molecule has 0 radical (unpaired) electrons. The summed E-state index contributed by atoms with van der Waals surface area (Å²) in [6.07, 6.45) is 10.7. The maximum atomic E-state index is 2.32. The van der Waals surface area contributed by atoms with Gasteiger partial charge < -0.3 is 0 Å². The van der Waals surface area contributed by atoms with E-state index in [1.807, 2.05) is 0 Å². The number of hydrogen-bond acceptors (Lipinski definition) is 0. The zero-order valence-electron chi connectivity index (χ0n) is 6.94. The molecule has 0 rings (SSSR count). The molecule has 0 aromatic rings. The molecule has 0 saturated heterocycles. The van der Waals surface area contributed by atoms with Crippen LogP contribution in [-0.2, 0) is 21.8 Å². The third-order valence-corrected chi connectivity index (χ3v) is 3.32. The SMILES string of the molecule is C[S+](C)CCC[S+](C)C. The Kier molecular flexibility index (Phi) is 5.91. The second kappa shape index (κ2) is 5.48. The molecule has 0 N–H and O–H groups in total. The van der Waals surface area contributed by atoms with E-state index in [0.29, 0.717) is 21.8 Å². The fourth-order valence-corrected chi connectivity index (χ4v) is 2.26. The Hall–Kier alpha value is 0.700. The maximum Gasteiger partial charge on any atom is 0.112 e. The van der Waals surface area contributed by atoms with Crippen LogP contribution in [0.2, 0.25) is 0 Å². The Bertz CT molecular complexity index is 51.9. The monoisotopic (exact) mass is 166 g/mol. The van der Waals surface area contributed by atoms with Gasteiger partial charge in [-0.05, 0) is 21.8 Å². The first-order chi connectivity index (χ1) is 4.13. The van der Waals surface area contributed by atoms with Gasteiger partial charge in [-0.25, -0.2) is 0 Å². The van der Waals surface area contributed by atoms with Crippen molar-refractivity contribution in [2.24, 2.45) is 0 Å². The smallest absolute Gasteiger partial charge is 0.0187 e. The van der Waals surface area contributed by atoms with Gasteiger partial charge in [0.05, 0.1) is 25.0 Å². The van der Waals surface area contributed by atoms with Crippen LogP contribution in [0.5, 0.6) is 0 Å². The molecule has 0 heterocycles. The highest BCUT2D eigenvalue weighted by Gasteiger charge is 2.06. The minimum atomic E-state index is 0.672. The van der Waals surface area contributed by atoms with Gasteiger partial charge >= 0.3 is 0 Å². The fraction of sp³-hybridized carbons (Fsp3) is 1.00. The first kappa shape index (κ1) is 9.70. The van der Waals surface area contributed by atoms with Crippen LogP contribution in [0.25, 0.3) is 0 Å². The molecule has 0 atom stereocenters. The van der Waals surface area contributed by atoms with Gasteiger partial charge in [-0.1, -0.05) is 0 Å². The predicted molar refractivity (Wildman–Crippen MR) is 52.8 cm³/mol. The fourth-order valence-electron chi connectivity index (χ4n) is 0.636. The molecule has 0 aromatic carbocycles. The van der Waals surface area contributed by atoms with Crippen molar-refractivity contribution in [2.75, 3.05) is 36.5 Å². The molecule has 0 unspecified atom stereocenters. The van der Waals surface area contributed by atoms with Crippen LogP contribution in [0.4, 0.5) is 0 Å². The van der Waals surface area contributed by atoms with E-state index in [9.17, 15) is 0 Å². The molecule has 0 bridgehead atoms. The third-order valence-electron chi connectivity index (χ3n) is 1.11. The van der Waals surface area contributed by atoms with Gasteiger partial charge in [0.15, 0.2) is 0 Å². The van der Waals surface area contributed by atoms with E-state index < -0.39 is 0 Å². The second-order valence-electron chi connectivity index (χ2n) is 2.73. The minimum Gasteiger partial charge on any atom is -0.0187 e. The molecule has 0 aliphatic rings. The van der Waals surface area contributed by atoms with Crippen molar-refractivity contribution in [1.82, 2.24) is 0 Å². The van der Waals surface area contributed by atoms with E-state index >= 15 is 0 Å². The summed E-state index contributed by atoms with van der Waals surface area (Å²) >= 11 is 0. The van der Waals surface area contributed by atoms with Gasteiger partial charge in [-0.3, -0.25) is 0 Å². The summed E-state index contributed by atoms with van der Waals surface area (Å²) in [6, 6.07) is 0. The highest BCUT2D eigenvalue weighted by molar-refractivity contribution is 7.96. The van der Waals surface area contributed by atoms with E-state index in [1.165, 1.54) is 17.9 Å². The van der Waals surface area contributed by atoms with E-state index in [1.54, 1.807) is 0 Å². The van der Waals surface area contributed by atoms with Crippen LogP contribution < -0.4 is 0 Å². The Morgan fingerprint density at radius 3 is 1.33 bits per heavy atom. The quantitative estimate of drug-likeness (QED) is 0.549. The van der Waals surface area contributed by atoms with Crippen LogP contribution in [0.15, 0.2) is 0 Å². The summed E-state index contributed by atoms with van der Waals surface area (Å²) in [5.41, 5.74) is 0. The van der Waals surface area contributed by atoms with Crippen molar-refractivity contribution in [3.8, 4) is 0 Å². The van der Waals surface area contributed by atoms with Gasteiger partial charge in [0.25, 0.3) is 0 Å². The molecule has 0 aliphatic carbocycles. The molecular weight excluding hydrogens is 148 g/mol. The lowest BCUT2D eigenvalue weighted by Gasteiger charge is -1.95. The molecule has 0 saturated carbocycles. The van der Waals surface area contributed by atoms with Crippen LogP contribution >= 0.6 is 0 Å². The van der Waals surface area contributed by atoms with Crippen LogP contribution in [0.1, 0.15) is 6.42 Å². The maximum absolute atomic E-state index is 2.32. The summed E-state index contributed by atoms with van der Waals surface area (Å²) in [4.78, 5) is 0. The van der Waals surface area contributed by atoms with Gasteiger partial charge in [0.1, 0.15) is 11.5 Å². The zero-order chi connectivity index (χ0) is 7.28. The predicted octanol–water partition coefficient (Wildman–Crippen LogP) is 1.13. The van der Waals surface area contributed by atoms with Gasteiger partial charge in [0, 0.05) is 6.42 Å². The van der Waals surface area contributed by atoms with Gasteiger partial charge in [-0.15, -0.1) is 0 Å². The summed E-state index contributed by atoms with van der Waals surface area (Å²) < 4.78 is 0. The van der Waals surface area contributed by atoms with Crippen LogP contribution in [0, 0.1) is 0 Å². The Labute approximate surface area is 65.1 Å². The standard InChI is InChI=1S/C7H18S2/c1-8(2)6-5-7-9(3)4/h5-7H2,1-4H3/q+2. The van der Waals surface area contributed by atoms with Crippen molar-refractivity contribution >= 4 is 21.8 Å². The van der Waals surface area contributed by atoms with Crippen LogP contribution in [-0.4, -0.2) is 36.5 Å². The lowest BCUT2D eigenvalue weighted by molar-refractivity contribution is 1.11. The van der Waals surface area contributed by atoms with E-state index in [-0.39, 0.29) is 0 Å². The van der Waals surface area contributed by atoms with Crippen molar-refractivity contribution < 1.29 is 0 Å². The first-order valence-corrected chi connectivity index (χ1v) is 7.63. The molecule has 0 nitrogen and oxygen atoms in total. The second-order valence-corrected chi connectivity index (χ2v) is 7.49. The van der Waals surface area contributed by atoms with Crippen molar-refractivity contribution in [3.05, 3.63) is 0 Å². The first-order valence-electron chi connectivity index (χ1n) is 3.21. The number of hydrogen-bond donors (Lipinski definition) is 0. The molecule has 0 aliphatic heterocycles. The average molecular weight is 166 g/mol. The number of rotatable bonds is 4. The lowest BCUT2D eigenvalue weighted by atomic mass is 10.6. The highest BCUT2D eigenvalue weighted by atomic mass is 32.2. The lowest BCUT2D eigenvalue weighted by Crippen LogP contribution is -2.08. The molecule has 0 amide bonds. The van der Waals surface area contributed by atoms with Gasteiger partial charge in [0.2, 0.25) is 0 Å². The minimum absolute atomic E-state index is 0.672. The van der Waals surface area contributed by atoms with Gasteiger partial charge in [-0.2, -0.15) is 0 Å².